The van der Waals surface area contributed by atoms with Crippen LogP contribution in [0.15, 0.2) is 23.1 Å². The van der Waals surface area contributed by atoms with Crippen molar-refractivity contribution in [1.29, 1.82) is 0 Å². The minimum absolute atomic E-state index is 0.00698. The Labute approximate surface area is 119 Å². The molecular weight excluding hydrogens is 276 g/mol. The normalized spacial score (nSPS) is 22.8. The lowest BCUT2D eigenvalue weighted by atomic mass is 9.97. The molecule has 2 atom stereocenters. The fourth-order valence-electron chi connectivity index (χ4n) is 2.67. The first kappa shape index (κ1) is 15.0. The number of sulfonamides is 1. The molecule has 0 heterocycles. The highest BCUT2D eigenvalue weighted by Crippen LogP contribution is 2.32. The highest BCUT2D eigenvalue weighted by Gasteiger charge is 2.29. The van der Waals surface area contributed by atoms with Gasteiger partial charge in [-0.05, 0) is 43.4 Å². The lowest BCUT2D eigenvalue weighted by molar-refractivity contribution is -0.120. The number of nitrogens with one attached hydrogen (secondary N) is 1. The van der Waals surface area contributed by atoms with Gasteiger partial charge in [-0.2, -0.15) is 0 Å². The van der Waals surface area contributed by atoms with E-state index >= 15 is 0 Å². The average molecular weight is 296 g/mol. The van der Waals surface area contributed by atoms with Gasteiger partial charge in [-0.25, -0.2) is 13.6 Å². The van der Waals surface area contributed by atoms with Crippen molar-refractivity contribution in [3.05, 3.63) is 23.8 Å². The van der Waals surface area contributed by atoms with Crippen molar-refractivity contribution in [2.45, 2.75) is 38.0 Å². The molecule has 2 rings (SSSR count). The van der Waals surface area contributed by atoms with E-state index in [1.807, 2.05) is 6.92 Å². The number of carbonyl (C=O) groups excluding carboxylic acids is 1. The number of carbonyl (C=O) groups is 1. The van der Waals surface area contributed by atoms with Crippen LogP contribution in [0.5, 0.6) is 0 Å². The van der Waals surface area contributed by atoms with Crippen molar-refractivity contribution in [2.24, 2.45) is 17.0 Å². The monoisotopic (exact) mass is 296 g/mol. The summed E-state index contributed by atoms with van der Waals surface area (Å²) < 4.78 is 22.7. The summed E-state index contributed by atoms with van der Waals surface area (Å²) in [4.78, 5) is 12.3. The van der Waals surface area contributed by atoms with Gasteiger partial charge in [0, 0.05) is 11.6 Å². The highest BCUT2D eigenvalue weighted by atomic mass is 32.2. The minimum Gasteiger partial charge on any atom is -0.326 e. The topological polar surface area (TPSA) is 89.3 Å². The van der Waals surface area contributed by atoms with E-state index in [1.54, 1.807) is 6.07 Å². The standard InChI is InChI=1S/C14H20N2O3S/c1-9-4-3-5-12(9)14(17)16-13-8-11(20(15,18)19)7-6-10(13)2/h6-9,12H,3-5H2,1-2H3,(H,16,17)(H2,15,18,19). The number of aryl methyl sites for hydroxylation is 1. The van der Waals surface area contributed by atoms with E-state index in [4.69, 9.17) is 5.14 Å². The smallest absolute Gasteiger partial charge is 0.238 e. The number of primary sulfonamides is 1. The second-order valence-electron chi connectivity index (χ2n) is 5.53. The zero-order valence-corrected chi connectivity index (χ0v) is 12.5. The summed E-state index contributed by atoms with van der Waals surface area (Å²) in [5.74, 6) is 0.342. The van der Waals surface area contributed by atoms with Crippen LogP contribution in [0.2, 0.25) is 0 Å². The zero-order chi connectivity index (χ0) is 14.9. The largest absolute Gasteiger partial charge is 0.326 e. The summed E-state index contributed by atoms with van der Waals surface area (Å²) >= 11 is 0. The number of benzene rings is 1. The second-order valence-corrected chi connectivity index (χ2v) is 7.09. The summed E-state index contributed by atoms with van der Waals surface area (Å²) in [6, 6.07) is 4.51. The van der Waals surface area contributed by atoms with Gasteiger partial charge in [0.25, 0.3) is 0 Å². The van der Waals surface area contributed by atoms with Gasteiger partial charge in [0.1, 0.15) is 0 Å². The first-order valence-corrected chi connectivity index (χ1v) is 8.28. The Bertz CT molecular complexity index is 625. The number of amides is 1. The Morgan fingerprint density at radius 3 is 2.60 bits per heavy atom. The summed E-state index contributed by atoms with van der Waals surface area (Å²) in [7, 11) is -3.76. The predicted molar refractivity (Wildman–Crippen MR) is 77.7 cm³/mol. The van der Waals surface area contributed by atoms with Crippen LogP contribution in [-0.4, -0.2) is 14.3 Å². The average Bonchev–Trinajstić information content (AvgIpc) is 2.77. The fourth-order valence-corrected chi connectivity index (χ4v) is 3.21. The van der Waals surface area contributed by atoms with E-state index in [0.29, 0.717) is 11.6 Å². The number of rotatable bonds is 3. The fraction of sp³-hybridized carbons (Fsp3) is 0.500. The molecule has 1 amide bonds. The third-order valence-corrected chi connectivity index (χ3v) is 4.90. The van der Waals surface area contributed by atoms with Gasteiger partial charge < -0.3 is 5.32 Å². The van der Waals surface area contributed by atoms with E-state index < -0.39 is 10.0 Å². The van der Waals surface area contributed by atoms with Crippen LogP contribution >= 0.6 is 0 Å². The maximum atomic E-state index is 12.2. The first-order valence-electron chi connectivity index (χ1n) is 6.73. The lowest BCUT2D eigenvalue weighted by Crippen LogP contribution is -2.25. The molecule has 1 aliphatic carbocycles. The summed E-state index contributed by atoms with van der Waals surface area (Å²) in [6.45, 7) is 3.89. The molecule has 0 bridgehead atoms. The summed E-state index contributed by atoms with van der Waals surface area (Å²) in [6.07, 6.45) is 3.02. The first-order chi connectivity index (χ1) is 9.29. The molecule has 1 fully saturated rings. The molecular formula is C14H20N2O3S. The van der Waals surface area contributed by atoms with Crippen LogP contribution < -0.4 is 10.5 Å². The van der Waals surface area contributed by atoms with Crippen molar-refractivity contribution >= 4 is 21.6 Å². The number of hydrogen-bond donors (Lipinski definition) is 2. The molecule has 1 aromatic rings. The van der Waals surface area contributed by atoms with Crippen LogP contribution in [0.1, 0.15) is 31.7 Å². The molecule has 3 N–H and O–H groups in total. The Morgan fingerprint density at radius 2 is 2.05 bits per heavy atom. The SMILES string of the molecule is Cc1ccc(S(N)(=O)=O)cc1NC(=O)C1CCCC1C. The number of hydrogen-bond acceptors (Lipinski definition) is 3. The third-order valence-electron chi connectivity index (χ3n) is 3.99. The van der Waals surface area contributed by atoms with Gasteiger partial charge in [0.15, 0.2) is 0 Å². The van der Waals surface area contributed by atoms with Gasteiger partial charge in [-0.15, -0.1) is 0 Å². The van der Waals surface area contributed by atoms with Gasteiger partial charge in [-0.1, -0.05) is 19.4 Å². The van der Waals surface area contributed by atoms with Crippen molar-refractivity contribution in [3.8, 4) is 0 Å². The third kappa shape index (κ3) is 3.19. The Hall–Kier alpha value is -1.40. The minimum atomic E-state index is -3.76. The molecule has 0 radical (unpaired) electrons. The van der Waals surface area contributed by atoms with Gasteiger partial charge in [-0.3, -0.25) is 4.79 Å². The molecule has 0 spiro atoms. The molecule has 0 saturated heterocycles. The van der Waals surface area contributed by atoms with E-state index in [-0.39, 0.29) is 16.7 Å². The van der Waals surface area contributed by atoms with E-state index in [1.165, 1.54) is 12.1 Å². The van der Waals surface area contributed by atoms with Gasteiger partial charge in [0.2, 0.25) is 15.9 Å². The van der Waals surface area contributed by atoms with Crippen molar-refractivity contribution in [1.82, 2.24) is 0 Å². The molecule has 1 saturated carbocycles. The number of anilines is 1. The van der Waals surface area contributed by atoms with Crippen LogP contribution in [-0.2, 0) is 14.8 Å². The van der Waals surface area contributed by atoms with Crippen molar-refractivity contribution in [3.63, 3.8) is 0 Å². The molecule has 6 heteroatoms. The van der Waals surface area contributed by atoms with Crippen molar-refractivity contribution in [2.75, 3.05) is 5.32 Å². The molecule has 20 heavy (non-hydrogen) atoms. The molecule has 1 aliphatic rings. The highest BCUT2D eigenvalue weighted by molar-refractivity contribution is 7.89. The molecule has 0 aliphatic heterocycles. The van der Waals surface area contributed by atoms with Gasteiger partial charge >= 0.3 is 0 Å². The molecule has 2 unspecified atom stereocenters. The van der Waals surface area contributed by atoms with Crippen molar-refractivity contribution < 1.29 is 13.2 Å². The maximum absolute atomic E-state index is 12.2. The van der Waals surface area contributed by atoms with E-state index in [9.17, 15) is 13.2 Å². The van der Waals surface area contributed by atoms with E-state index in [0.717, 1.165) is 24.8 Å². The van der Waals surface area contributed by atoms with E-state index in [2.05, 4.69) is 12.2 Å². The quantitative estimate of drug-likeness (QED) is 0.894. The lowest BCUT2D eigenvalue weighted by Gasteiger charge is -2.16. The number of nitrogens with two attached hydrogens (primary N) is 1. The Kier molecular flexibility index (Phi) is 4.15. The molecule has 5 nitrogen and oxygen atoms in total. The van der Waals surface area contributed by atoms with Crippen LogP contribution in [0, 0.1) is 18.8 Å². The Balaban J connectivity index is 2.22. The zero-order valence-electron chi connectivity index (χ0n) is 11.7. The van der Waals surface area contributed by atoms with Gasteiger partial charge in [0.05, 0.1) is 4.90 Å². The van der Waals surface area contributed by atoms with Crippen LogP contribution in [0.4, 0.5) is 5.69 Å². The maximum Gasteiger partial charge on any atom is 0.238 e. The predicted octanol–water partition coefficient (Wildman–Crippen LogP) is 2.02. The second kappa shape index (κ2) is 5.54. The summed E-state index contributed by atoms with van der Waals surface area (Å²) in [5, 5.41) is 7.95. The molecule has 110 valence electrons. The molecule has 0 aromatic heterocycles. The van der Waals surface area contributed by atoms with Crippen LogP contribution in [0.25, 0.3) is 0 Å². The van der Waals surface area contributed by atoms with Crippen LogP contribution in [0.3, 0.4) is 0 Å². The molecule has 1 aromatic carbocycles. The Morgan fingerprint density at radius 1 is 1.35 bits per heavy atom. The summed E-state index contributed by atoms with van der Waals surface area (Å²) in [5.41, 5.74) is 1.33.